The van der Waals surface area contributed by atoms with Gasteiger partial charge in [0.25, 0.3) is 5.91 Å². The van der Waals surface area contributed by atoms with E-state index in [0.29, 0.717) is 18.0 Å². The first-order chi connectivity index (χ1) is 8.99. The van der Waals surface area contributed by atoms with Crippen molar-refractivity contribution in [2.24, 2.45) is 11.8 Å². The molecule has 0 aliphatic heterocycles. The number of hydrogen-bond acceptors (Lipinski definition) is 2. The molecule has 1 aromatic rings. The molecule has 1 atom stereocenters. The fraction of sp³-hybridized carbons (Fsp3) is 0.467. The summed E-state index contributed by atoms with van der Waals surface area (Å²) in [6, 6.07) is 8.94. The summed E-state index contributed by atoms with van der Waals surface area (Å²) in [6.07, 6.45) is 0.884. The normalized spacial score (nSPS) is 12.2. The van der Waals surface area contributed by atoms with E-state index in [2.05, 4.69) is 5.32 Å². The summed E-state index contributed by atoms with van der Waals surface area (Å²) >= 11 is 0. The van der Waals surface area contributed by atoms with Crippen LogP contribution in [-0.2, 0) is 4.79 Å². The number of nitrogens with one attached hydrogen (secondary N) is 1. The van der Waals surface area contributed by atoms with Crippen LogP contribution in [0.25, 0.3) is 0 Å². The van der Waals surface area contributed by atoms with Crippen molar-refractivity contribution >= 4 is 11.9 Å². The number of carboxylic acids is 1. The van der Waals surface area contributed by atoms with E-state index in [1.165, 1.54) is 0 Å². The van der Waals surface area contributed by atoms with Gasteiger partial charge in [0, 0.05) is 18.5 Å². The number of amides is 1. The molecular formula is C15H21NO3. The summed E-state index contributed by atoms with van der Waals surface area (Å²) in [4.78, 5) is 22.7. The van der Waals surface area contributed by atoms with Crippen LogP contribution in [0.3, 0.4) is 0 Å². The summed E-state index contributed by atoms with van der Waals surface area (Å²) < 4.78 is 0. The first kappa shape index (κ1) is 15.2. The van der Waals surface area contributed by atoms with E-state index in [4.69, 9.17) is 5.11 Å². The van der Waals surface area contributed by atoms with Crippen molar-refractivity contribution in [1.82, 2.24) is 5.32 Å². The molecule has 1 rings (SSSR count). The maximum atomic E-state index is 11.9. The summed E-state index contributed by atoms with van der Waals surface area (Å²) in [5.41, 5.74) is 0.598. The van der Waals surface area contributed by atoms with Crippen molar-refractivity contribution in [3.05, 3.63) is 35.9 Å². The lowest BCUT2D eigenvalue weighted by Crippen LogP contribution is -2.31. The summed E-state index contributed by atoms with van der Waals surface area (Å²) in [6.45, 7) is 4.50. The molecule has 0 heterocycles. The van der Waals surface area contributed by atoms with Gasteiger partial charge >= 0.3 is 5.97 Å². The highest BCUT2D eigenvalue weighted by Crippen LogP contribution is 2.15. The van der Waals surface area contributed by atoms with E-state index in [9.17, 15) is 9.59 Å². The Hall–Kier alpha value is -1.84. The van der Waals surface area contributed by atoms with Crippen molar-refractivity contribution in [3.8, 4) is 0 Å². The zero-order valence-corrected chi connectivity index (χ0v) is 11.4. The number of carbonyl (C=O) groups is 2. The van der Waals surface area contributed by atoms with Crippen molar-refractivity contribution in [2.75, 3.05) is 6.54 Å². The molecule has 1 amide bonds. The maximum absolute atomic E-state index is 11.9. The SMILES string of the molecule is CC(C)CC(CNC(=O)c1ccccc1)CC(=O)O. The molecular weight excluding hydrogens is 242 g/mol. The lowest BCUT2D eigenvalue weighted by molar-refractivity contribution is -0.138. The molecule has 104 valence electrons. The van der Waals surface area contributed by atoms with Crippen LogP contribution in [0.1, 0.15) is 37.0 Å². The fourth-order valence-corrected chi connectivity index (χ4v) is 2.08. The number of carboxylic acid groups (broad SMARTS) is 1. The molecule has 0 aromatic heterocycles. The Kier molecular flexibility index (Phi) is 6.06. The topological polar surface area (TPSA) is 66.4 Å². The smallest absolute Gasteiger partial charge is 0.303 e. The first-order valence-corrected chi connectivity index (χ1v) is 6.54. The highest BCUT2D eigenvalue weighted by molar-refractivity contribution is 5.94. The lowest BCUT2D eigenvalue weighted by Gasteiger charge is -2.17. The Morgan fingerprint density at radius 3 is 2.37 bits per heavy atom. The van der Waals surface area contributed by atoms with Gasteiger partial charge in [0.15, 0.2) is 0 Å². The average Bonchev–Trinajstić information content (AvgIpc) is 2.35. The highest BCUT2D eigenvalue weighted by atomic mass is 16.4. The zero-order chi connectivity index (χ0) is 14.3. The Labute approximate surface area is 113 Å². The van der Waals surface area contributed by atoms with E-state index in [1.54, 1.807) is 24.3 Å². The molecule has 0 saturated carbocycles. The number of carbonyl (C=O) groups excluding carboxylic acids is 1. The van der Waals surface area contributed by atoms with Gasteiger partial charge in [-0.25, -0.2) is 0 Å². The van der Waals surface area contributed by atoms with Crippen molar-refractivity contribution in [1.29, 1.82) is 0 Å². The van der Waals surface area contributed by atoms with Gasteiger partial charge < -0.3 is 10.4 Å². The maximum Gasteiger partial charge on any atom is 0.303 e. The monoisotopic (exact) mass is 263 g/mol. The van der Waals surface area contributed by atoms with Crippen LogP contribution in [0.15, 0.2) is 30.3 Å². The van der Waals surface area contributed by atoms with E-state index in [1.807, 2.05) is 19.9 Å². The minimum absolute atomic E-state index is 0.0230. The first-order valence-electron chi connectivity index (χ1n) is 6.54. The molecule has 1 aromatic carbocycles. The molecule has 0 aliphatic rings. The predicted octanol–water partition coefficient (Wildman–Crippen LogP) is 2.55. The minimum atomic E-state index is -0.820. The molecule has 4 heteroatoms. The van der Waals surface area contributed by atoms with E-state index >= 15 is 0 Å². The van der Waals surface area contributed by atoms with E-state index < -0.39 is 5.97 Å². The van der Waals surface area contributed by atoms with Crippen LogP contribution in [0, 0.1) is 11.8 Å². The van der Waals surface area contributed by atoms with Crippen LogP contribution in [0.5, 0.6) is 0 Å². The molecule has 1 unspecified atom stereocenters. The molecule has 0 spiro atoms. The van der Waals surface area contributed by atoms with Crippen LogP contribution < -0.4 is 5.32 Å². The Morgan fingerprint density at radius 2 is 1.84 bits per heavy atom. The second kappa shape index (κ2) is 7.56. The Bertz CT molecular complexity index is 415. The van der Waals surface area contributed by atoms with Crippen LogP contribution >= 0.6 is 0 Å². The second-order valence-corrected chi connectivity index (χ2v) is 5.17. The summed E-state index contributed by atoms with van der Waals surface area (Å²) in [5, 5.41) is 11.7. The predicted molar refractivity (Wildman–Crippen MR) is 74.0 cm³/mol. The third kappa shape index (κ3) is 6.04. The molecule has 0 saturated heterocycles. The van der Waals surface area contributed by atoms with Gasteiger partial charge in [-0.2, -0.15) is 0 Å². The molecule has 0 bridgehead atoms. The van der Waals surface area contributed by atoms with E-state index in [0.717, 1.165) is 6.42 Å². The van der Waals surface area contributed by atoms with Gasteiger partial charge in [-0.1, -0.05) is 32.0 Å². The standard InChI is InChI=1S/C15H21NO3/c1-11(2)8-12(9-14(17)18)10-16-15(19)13-6-4-3-5-7-13/h3-7,11-12H,8-10H2,1-2H3,(H,16,19)(H,17,18). The van der Waals surface area contributed by atoms with Crippen molar-refractivity contribution < 1.29 is 14.7 Å². The molecule has 19 heavy (non-hydrogen) atoms. The van der Waals surface area contributed by atoms with Crippen LogP contribution in [-0.4, -0.2) is 23.5 Å². The molecule has 0 fully saturated rings. The minimum Gasteiger partial charge on any atom is -0.481 e. The lowest BCUT2D eigenvalue weighted by atomic mass is 9.94. The van der Waals surface area contributed by atoms with Crippen LogP contribution in [0.2, 0.25) is 0 Å². The second-order valence-electron chi connectivity index (χ2n) is 5.17. The number of hydrogen-bond donors (Lipinski definition) is 2. The van der Waals surface area contributed by atoms with Gasteiger partial charge in [-0.05, 0) is 30.4 Å². The summed E-state index contributed by atoms with van der Waals surface area (Å²) in [5.74, 6) is -0.581. The summed E-state index contributed by atoms with van der Waals surface area (Å²) in [7, 11) is 0. The Morgan fingerprint density at radius 1 is 1.21 bits per heavy atom. The van der Waals surface area contributed by atoms with Crippen LogP contribution in [0.4, 0.5) is 0 Å². The van der Waals surface area contributed by atoms with Gasteiger partial charge in [0.1, 0.15) is 0 Å². The Balaban J connectivity index is 2.51. The van der Waals surface area contributed by atoms with Gasteiger partial charge in [0.2, 0.25) is 0 Å². The van der Waals surface area contributed by atoms with E-state index in [-0.39, 0.29) is 18.2 Å². The number of rotatable bonds is 7. The average molecular weight is 263 g/mol. The number of benzene rings is 1. The molecule has 4 nitrogen and oxygen atoms in total. The fourth-order valence-electron chi connectivity index (χ4n) is 2.08. The molecule has 0 aliphatic carbocycles. The number of aliphatic carboxylic acids is 1. The highest BCUT2D eigenvalue weighted by Gasteiger charge is 2.16. The third-order valence-corrected chi connectivity index (χ3v) is 2.86. The van der Waals surface area contributed by atoms with Gasteiger partial charge in [0.05, 0.1) is 0 Å². The van der Waals surface area contributed by atoms with Crippen molar-refractivity contribution in [3.63, 3.8) is 0 Å². The third-order valence-electron chi connectivity index (χ3n) is 2.86. The zero-order valence-electron chi connectivity index (χ0n) is 11.4. The molecule has 0 radical (unpaired) electrons. The van der Waals surface area contributed by atoms with Gasteiger partial charge in [-0.3, -0.25) is 9.59 Å². The largest absolute Gasteiger partial charge is 0.481 e. The quantitative estimate of drug-likeness (QED) is 0.794. The van der Waals surface area contributed by atoms with Gasteiger partial charge in [-0.15, -0.1) is 0 Å². The molecule has 2 N–H and O–H groups in total. The van der Waals surface area contributed by atoms with Crippen molar-refractivity contribution in [2.45, 2.75) is 26.7 Å².